The van der Waals surface area contributed by atoms with Gasteiger partial charge in [-0.2, -0.15) is 0 Å². The van der Waals surface area contributed by atoms with E-state index in [-0.39, 0.29) is 11.3 Å². The molecule has 1 saturated heterocycles. The fourth-order valence-electron chi connectivity index (χ4n) is 5.01. The van der Waals surface area contributed by atoms with E-state index >= 15 is 0 Å². The quantitative estimate of drug-likeness (QED) is 0.700. The van der Waals surface area contributed by atoms with Crippen molar-refractivity contribution in [2.24, 2.45) is 5.41 Å². The van der Waals surface area contributed by atoms with Crippen molar-refractivity contribution in [1.29, 1.82) is 0 Å². The first-order valence-electron chi connectivity index (χ1n) is 10.5. The fraction of sp³-hybridized carbons (Fsp3) is 0.480. The van der Waals surface area contributed by atoms with Crippen LogP contribution in [0.15, 0.2) is 36.4 Å². The summed E-state index contributed by atoms with van der Waals surface area (Å²) in [5.41, 5.74) is 7.59. The second kappa shape index (κ2) is 6.95. The molecule has 28 heavy (non-hydrogen) atoms. The van der Waals surface area contributed by atoms with Crippen LogP contribution in [0.4, 0.5) is 11.4 Å². The number of nitrogens with zero attached hydrogens (tertiary/aromatic N) is 1. The Hall–Kier alpha value is -2.29. The number of hydrogen-bond acceptors (Lipinski definition) is 2. The molecule has 3 heteroatoms. The number of benzene rings is 2. The van der Waals surface area contributed by atoms with Crippen molar-refractivity contribution < 1.29 is 4.79 Å². The van der Waals surface area contributed by atoms with Gasteiger partial charge in [0.05, 0.1) is 6.04 Å². The third-order valence-electron chi connectivity index (χ3n) is 6.20. The summed E-state index contributed by atoms with van der Waals surface area (Å²) in [4.78, 5) is 15.0. The molecule has 2 unspecified atom stereocenters. The van der Waals surface area contributed by atoms with E-state index in [1.165, 1.54) is 24.1 Å². The lowest BCUT2D eigenvalue weighted by Gasteiger charge is -2.36. The molecule has 148 valence electrons. The van der Waals surface area contributed by atoms with Gasteiger partial charge in [0, 0.05) is 24.3 Å². The number of fused-ring (bicyclic) bond motifs is 5. The van der Waals surface area contributed by atoms with E-state index in [2.05, 4.69) is 81.2 Å². The maximum atomic E-state index is 12.4. The average molecular weight is 377 g/mol. The van der Waals surface area contributed by atoms with Crippen molar-refractivity contribution in [2.75, 3.05) is 16.8 Å². The largest absolute Gasteiger partial charge is 0.364 e. The third kappa shape index (κ3) is 3.55. The van der Waals surface area contributed by atoms with Crippen LogP contribution in [0.2, 0.25) is 0 Å². The van der Waals surface area contributed by atoms with E-state index in [9.17, 15) is 4.79 Å². The summed E-state index contributed by atoms with van der Waals surface area (Å²) in [5.74, 6) is 0.813. The molecular weight excluding hydrogens is 344 g/mol. The van der Waals surface area contributed by atoms with Gasteiger partial charge < -0.3 is 10.2 Å². The molecule has 2 aromatic carbocycles. The smallest absolute Gasteiger partial charge is 0.224 e. The summed E-state index contributed by atoms with van der Waals surface area (Å²) in [6, 6.07) is 13.9. The van der Waals surface area contributed by atoms with Gasteiger partial charge in [-0.15, -0.1) is 0 Å². The predicted octanol–water partition coefficient (Wildman–Crippen LogP) is 6.12. The highest BCUT2D eigenvalue weighted by Crippen LogP contribution is 2.50. The molecule has 2 bridgehead atoms. The molecule has 3 nitrogen and oxygen atoms in total. The van der Waals surface area contributed by atoms with Gasteiger partial charge in [-0.25, -0.2) is 0 Å². The molecule has 1 heterocycles. The summed E-state index contributed by atoms with van der Waals surface area (Å²) in [5, 5.41) is 3.16. The van der Waals surface area contributed by atoms with Gasteiger partial charge in [-0.3, -0.25) is 4.79 Å². The Balaban J connectivity index is 1.60. The minimum absolute atomic E-state index is 0.00790. The van der Waals surface area contributed by atoms with Crippen LogP contribution in [0.25, 0.3) is 0 Å². The zero-order valence-corrected chi connectivity index (χ0v) is 17.8. The minimum atomic E-state index is -0.00790. The molecule has 0 radical (unpaired) electrons. The molecule has 1 amide bonds. The molecule has 1 fully saturated rings. The lowest BCUT2D eigenvalue weighted by Crippen LogP contribution is -2.32. The number of hydrogen-bond donors (Lipinski definition) is 1. The Morgan fingerprint density at radius 2 is 1.75 bits per heavy atom. The van der Waals surface area contributed by atoms with Crippen LogP contribution >= 0.6 is 0 Å². The predicted molar refractivity (Wildman–Crippen MR) is 117 cm³/mol. The van der Waals surface area contributed by atoms with Crippen molar-refractivity contribution in [3.05, 3.63) is 58.7 Å². The highest BCUT2D eigenvalue weighted by atomic mass is 16.1. The molecular formula is C25H32N2O. The highest BCUT2D eigenvalue weighted by molar-refractivity contribution is 5.93. The summed E-state index contributed by atoms with van der Waals surface area (Å²) < 4.78 is 0. The van der Waals surface area contributed by atoms with Gasteiger partial charge >= 0.3 is 0 Å². The number of anilines is 2. The zero-order valence-electron chi connectivity index (χ0n) is 17.8. The fourth-order valence-corrected chi connectivity index (χ4v) is 5.01. The van der Waals surface area contributed by atoms with Crippen molar-refractivity contribution >= 4 is 17.3 Å². The number of carbonyl (C=O) groups excluding carboxylic acids is 1. The van der Waals surface area contributed by atoms with Crippen LogP contribution in [0.5, 0.6) is 0 Å². The average Bonchev–Trinajstić information content (AvgIpc) is 2.90. The third-order valence-corrected chi connectivity index (χ3v) is 6.20. The Morgan fingerprint density at radius 3 is 2.39 bits per heavy atom. The minimum Gasteiger partial charge on any atom is -0.364 e. The van der Waals surface area contributed by atoms with E-state index in [1.807, 2.05) is 0 Å². The zero-order chi connectivity index (χ0) is 20.1. The Kier molecular flexibility index (Phi) is 4.73. The van der Waals surface area contributed by atoms with Gasteiger partial charge in [-0.1, -0.05) is 45.0 Å². The van der Waals surface area contributed by atoms with Crippen molar-refractivity contribution in [3.8, 4) is 0 Å². The molecule has 0 saturated carbocycles. The number of nitrogens with one attached hydrogen (secondary N) is 1. The monoisotopic (exact) mass is 376 g/mol. The molecule has 0 spiro atoms. The molecule has 1 N–H and O–H groups in total. The van der Waals surface area contributed by atoms with E-state index < -0.39 is 0 Å². The van der Waals surface area contributed by atoms with E-state index in [0.717, 1.165) is 29.3 Å². The Labute approximate surface area is 169 Å². The van der Waals surface area contributed by atoms with Crippen LogP contribution in [-0.4, -0.2) is 12.5 Å². The van der Waals surface area contributed by atoms with E-state index in [4.69, 9.17) is 0 Å². The molecule has 1 aliphatic carbocycles. The number of aryl methyl sites for hydroxylation is 2. The van der Waals surface area contributed by atoms with Crippen molar-refractivity contribution in [2.45, 2.75) is 65.8 Å². The lowest BCUT2D eigenvalue weighted by atomic mass is 9.91. The molecule has 4 rings (SSSR count). The van der Waals surface area contributed by atoms with Crippen LogP contribution in [0.3, 0.4) is 0 Å². The van der Waals surface area contributed by atoms with Crippen LogP contribution in [0.1, 0.15) is 74.2 Å². The number of amides is 1. The van der Waals surface area contributed by atoms with Gasteiger partial charge in [0.2, 0.25) is 5.91 Å². The summed E-state index contributed by atoms with van der Waals surface area (Å²) >= 11 is 0. The molecule has 2 aromatic rings. The Morgan fingerprint density at radius 1 is 1.11 bits per heavy atom. The van der Waals surface area contributed by atoms with Gasteiger partial charge in [0.25, 0.3) is 0 Å². The Bertz CT molecular complexity index is 886. The molecule has 1 aliphatic heterocycles. The van der Waals surface area contributed by atoms with Crippen LogP contribution < -0.4 is 10.2 Å². The normalized spacial score (nSPS) is 20.8. The van der Waals surface area contributed by atoms with E-state index in [0.29, 0.717) is 12.5 Å². The van der Waals surface area contributed by atoms with Gasteiger partial charge in [-0.05, 0) is 72.4 Å². The van der Waals surface area contributed by atoms with Crippen molar-refractivity contribution in [1.82, 2.24) is 0 Å². The summed E-state index contributed by atoms with van der Waals surface area (Å²) in [6.45, 7) is 11.6. The summed E-state index contributed by atoms with van der Waals surface area (Å²) in [7, 11) is 0. The lowest BCUT2D eigenvalue weighted by molar-refractivity contribution is -0.117. The summed E-state index contributed by atoms with van der Waals surface area (Å²) in [6.07, 6.45) is 2.97. The van der Waals surface area contributed by atoms with Gasteiger partial charge in [0.1, 0.15) is 0 Å². The molecule has 2 atom stereocenters. The SMILES string of the molecule is Cc1cc(N2CCC3CC2c2ccccc23)cc(C)c1NC(=O)CC(C)(C)C. The second-order valence-electron chi connectivity index (χ2n) is 9.80. The number of carbonyl (C=O) groups is 1. The topological polar surface area (TPSA) is 32.3 Å². The highest BCUT2D eigenvalue weighted by Gasteiger charge is 2.38. The first kappa shape index (κ1) is 19.0. The number of rotatable bonds is 3. The first-order valence-corrected chi connectivity index (χ1v) is 10.5. The van der Waals surface area contributed by atoms with Crippen molar-refractivity contribution in [3.63, 3.8) is 0 Å². The molecule has 0 aromatic heterocycles. The first-order chi connectivity index (χ1) is 13.2. The van der Waals surface area contributed by atoms with E-state index in [1.54, 1.807) is 5.56 Å². The standard InChI is InChI=1S/C25H32N2O/c1-16-12-19(13-17(2)24(16)26-23(28)15-25(3,4)5)27-11-10-18-14-22(27)21-9-7-6-8-20(18)21/h6-9,12-13,18,22H,10-11,14-15H2,1-5H3,(H,26,28). The maximum Gasteiger partial charge on any atom is 0.224 e. The molecule has 2 aliphatic rings. The van der Waals surface area contributed by atoms with Crippen LogP contribution in [-0.2, 0) is 4.79 Å². The van der Waals surface area contributed by atoms with Gasteiger partial charge in [0.15, 0.2) is 0 Å². The number of piperidine rings is 1. The maximum absolute atomic E-state index is 12.4. The second-order valence-corrected chi connectivity index (χ2v) is 9.80. The van der Waals surface area contributed by atoms with Crippen LogP contribution in [0, 0.1) is 19.3 Å².